The zero-order chi connectivity index (χ0) is 24.2. The minimum absolute atomic E-state index is 0.121. The summed E-state index contributed by atoms with van der Waals surface area (Å²) < 4.78 is 10.9. The van der Waals surface area contributed by atoms with E-state index in [0.717, 1.165) is 22.0 Å². The van der Waals surface area contributed by atoms with Crippen LogP contribution < -0.4 is 20.1 Å². The molecule has 1 amide bonds. The number of anilines is 2. The molecule has 34 heavy (non-hydrogen) atoms. The van der Waals surface area contributed by atoms with Gasteiger partial charge in [0.05, 0.1) is 25.3 Å². The lowest BCUT2D eigenvalue weighted by Gasteiger charge is -2.14. The predicted octanol–water partition coefficient (Wildman–Crippen LogP) is 4.91. The molecule has 0 spiro atoms. The molecule has 1 aromatic heterocycles. The number of carboxylic acid groups (broad SMARTS) is 1. The van der Waals surface area contributed by atoms with Gasteiger partial charge in [-0.05, 0) is 59.7 Å². The van der Waals surface area contributed by atoms with E-state index in [1.54, 1.807) is 27.3 Å². The second-order valence-electron chi connectivity index (χ2n) is 7.45. The highest BCUT2D eigenvalue weighted by Crippen LogP contribution is 2.38. The number of aromatic carboxylic acids is 1. The van der Waals surface area contributed by atoms with Crippen molar-refractivity contribution in [1.29, 1.82) is 0 Å². The highest BCUT2D eigenvalue weighted by Gasteiger charge is 2.14. The molecule has 0 saturated heterocycles. The van der Waals surface area contributed by atoms with Crippen molar-refractivity contribution < 1.29 is 24.2 Å². The normalized spacial score (nSPS) is 10.6. The quantitative estimate of drug-likeness (QED) is 0.362. The summed E-state index contributed by atoms with van der Waals surface area (Å²) in [6.45, 7) is 0. The number of rotatable bonds is 7. The van der Waals surface area contributed by atoms with Crippen LogP contribution in [0.2, 0.25) is 0 Å². The molecule has 8 heteroatoms. The van der Waals surface area contributed by atoms with Gasteiger partial charge in [-0.25, -0.2) is 9.78 Å². The van der Waals surface area contributed by atoms with Crippen molar-refractivity contribution in [2.75, 3.05) is 31.9 Å². The van der Waals surface area contributed by atoms with Crippen molar-refractivity contribution in [1.82, 2.24) is 4.98 Å². The molecule has 0 unspecified atom stereocenters. The molecule has 172 valence electrons. The number of nitrogens with one attached hydrogen (secondary N) is 2. The van der Waals surface area contributed by atoms with Crippen LogP contribution in [0.4, 0.5) is 11.5 Å². The third-order valence-corrected chi connectivity index (χ3v) is 5.40. The van der Waals surface area contributed by atoms with Gasteiger partial charge in [0.25, 0.3) is 5.91 Å². The molecule has 0 atom stereocenters. The van der Waals surface area contributed by atoms with Gasteiger partial charge in [-0.3, -0.25) is 4.79 Å². The molecule has 0 radical (unpaired) electrons. The lowest BCUT2D eigenvalue weighted by atomic mass is 9.99. The summed E-state index contributed by atoms with van der Waals surface area (Å²) in [7, 11) is 4.96. The molecule has 0 saturated carbocycles. The van der Waals surface area contributed by atoms with E-state index < -0.39 is 5.97 Å². The average Bonchev–Trinajstić information content (AvgIpc) is 2.87. The number of pyridine rings is 1. The maximum atomic E-state index is 12.7. The monoisotopic (exact) mass is 457 g/mol. The third-order valence-electron chi connectivity index (χ3n) is 5.40. The standard InChI is InChI=1S/C26H23N3O5/c1-27-24-13-19(20-12-22(33-2)23(34-3)14-21(20)29-24)17-5-4-6-18(11-17)28-25(30)15-7-9-16(10-8-15)26(31)32/h4-14H,1-3H3,(H,27,29)(H,28,30)(H,31,32). The van der Waals surface area contributed by atoms with E-state index in [4.69, 9.17) is 14.6 Å². The van der Waals surface area contributed by atoms with Gasteiger partial charge in [0, 0.05) is 29.8 Å². The van der Waals surface area contributed by atoms with Gasteiger partial charge in [0.15, 0.2) is 11.5 Å². The molecular weight excluding hydrogens is 434 g/mol. The molecule has 1 heterocycles. The Bertz CT molecular complexity index is 1380. The van der Waals surface area contributed by atoms with Crippen molar-refractivity contribution in [2.24, 2.45) is 0 Å². The first-order chi connectivity index (χ1) is 16.4. The van der Waals surface area contributed by atoms with Crippen LogP contribution in [-0.2, 0) is 0 Å². The number of methoxy groups -OCH3 is 2. The largest absolute Gasteiger partial charge is 0.493 e. The number of nitrogens with zero attached hydrogens (tertiary/aromatic N) is 1. The SMILES string of the molecule is CNc1cc(-c2cccc(NC(=O)c3ccc(C(=O)O)cc3)c2)c2cc(OC)c(OC)cc2n1. The lowest BCUT2D eigenvalue weighted by Crippen LogP contribution is -2.12. The third kappa shape index (κ3) is 4.47. The lowest BCUT2D eigenvalue weighted by molar-refractivity contribution is 0.0696. The predicted molar refractivity (Wildman–Crippen MR) is 131 cm³/mol. The van der Waals surface area contributed by atoms with Crippen LogP contribution in [-0.4, -0.2) is 43.2 Å². The fourth-order valence-electron chi connectivity index (χ4n) is 3.65. The number of aromatic nitrogens is 1. The van der Waals surface area contributed by atoms with Crippen LogP contribution in [0.3, 0.4) is 0 Å². The summed E-state index contributed by atoms with van der Waals surface area (Å²) in [5.74, 6) is 0.472. The summed E-state index contributed by atoms with van der Waals surface area (Å²) >= 11 is 0. The molecule has 3 N–H and O–H groups in total. The number of amides is 1. The van der Waals surface area contributed by atoms with E-state index in [1.165, 1.54) is 24.3 Å². The Morgan fingerprint density at radius 3 is 2.21 bits per heavy atom. The van der Waals surface area contributed by atoms with Gasteiger partial charge in [-0.15, -0.1) is 0 Å². The van der Waals surface area contributed by atoms with Gasteiger partial charge in [0.2, 0.25) is 0 Å². The second-order valence-corrected chi connectivity index (χ2v) is 7.45. The number of fused-ring (bicyclic) bond motifs is 1. The number of carbonyl (C=O) groups excluding carboxylic acids is 1. The molecule has 8 nitrogen and oxygen atoms in total. The minimum Gasteiger partial charge on any atom is -0.493 e. The van der Waals surface area contributed by atoms with Crippen molar-refractivity contribution in [3.05, 3.63) is 77.9 Å². The summed E-state index contributed by atoms with van der Waals surface area (Å²) in [5, 5.41) is 15.9. The molecule has 3 aromatic carbocycles. The number of ether oxygens (including phenoxy) is 2. The second kappa shape index (κ2) is 9.50. The van der Waals surface area contributed by atoms with Crippen LogP contribution in [0.15, 0.2) is 66.7 Å². The van der Waals surface area contributed by atoms with Gasteiger partial charge in [0.1, 0.15) is 5.82 Å². The zero-order valence-electron chi connectivity index (χ0n) is 18.9. The van der Waals surface area contributed by atoms with Crippen molar-refractivity contribution >= 4 is 34.3 Å². The van der Waals surface area contributed by atoms with E-state index in [2.05, 4.69) is 15.6 Å². The molecule has 0 fully saturated rings. The topological polar surface area (TPSA) is 110 Å². The van der Waals surface area contributed by atoms with E-state index in [9.17, 15) is 9.59 Å². The molecular formula is C26H23N3O5. The molecule has 0 aliphatic rings. The number of carboxylic acids is 1. The van der Waals surface area contributed by atoms with E-state index in [1.807, 2.05) is 36.4 Å². The Morgan fingerprint density at radius 2 is 1.56 bits per heavy atom. The first-order valence-corrected chi connectivity index (χ1v) is 10.4. The van der Waals surface area contributed by atoms with Crippen LogP contribution >= 0.6 is 0 Å². The highest BCUT2D eigenvalue weighted by molar-refractivity contribution is 6.05. The van der Waals surface area contributed by atoms with E-state index in [0.29, 0.717) is 28.6 Å². The van der Waals surface area contributed by atoms with Gasteiger partial charge >= 0.3 is 5.97 Å². The first-order valence-electron chi connectivity index (χ1n) is 10.4. The number of carbonyl (C=O) groups is 2. The maximum absolute atomic E-state index is 12.7. The summed E-state index contributed by atoms with van der Waals surface area (Å²) in [5.41, 5.74) is 3.58. The highest BCUT2D eigenvalue weighted by atomic mass is 16.5. The molecule has 0 bridgehead atoms. The van der Waals surface area contributed by atoms with Crippen LogP contribution in [0.1, 0.15) is 20.7 Å². The van der Waals surface area contributed by atoms with Crippen LogP contribution in [0.25, 0.3) is 22.0 Å². The summed E-state index contributed by atoms with van der Waals surface area (Å²) in [6, 6.07) is 18.9. The van der Waals surface area contributed by atoms with E-state index >= 15 is 0 Å². The fraction of sp³-hybridized carbons (Fsp3) is 0.115. The number of benzene rings is 3. The van der Waals surface area contributed by atoms with Gasteiger partial charge in [-0.1, -0.05) is 12.1 Å². The smallest absolute Gasteiger partial charge is 0.335 e. The Labute approximate surface area is 196 Å². The molecule has 0 aliphatic heterocycles. The Morgan fingerprint density at radius 1 is 0.882 bits per heavy atom. The minimum atomic E-state index is -1.04. The molecule has 4 aromatic rings. The van der Waals surface area contributed by atoms with Crippen molar-refractivity contribution in [2.45, 2.75) is 0 Å². The Hall–Kier alpha value is -4.59. The van der Waals surface area contributed by atoms with Crippen LogP contribution in [0, 0.1) is 0 Å². The maximum Gasteiger partial charge on any atom is 0.335 e. The molecule has 4 rings (SSSR count). The molecule has 0 aliphatic carbocycles. The zero-order valence-corrected chi connectivity index (χ0v) is 18.9. The van der Waals surface area contributed by atoms with Crippen molar-refractivity contribution in [3.63, 3.8) is 0 Å². The first kappa shape index (κ1) is 22.6. The number of hydrogen-bond acceptors (Lipinski definition) is 6. The van der Waals surface area contributed by atoms with Gasteiger partial charge in [-0.2, -0.15) is 0 Å². The van der Waals surface area contributed by atoms with Crippen molar-refractivity contribution in [3.8, 4) is 22.6 Å². The summed E-state index contributed by atoms with van der Waals surface area (Å²) in [6.07, 6.45) is 0. The Balaban J connectivity index is 1.72. The number of hydrogen-bond donors (Lipinski definition) is 3. The van der Waals surface area contributed by atoms with Gasteiger partial charge < -0.3 is 25.2 Å². The fourth-order valence-corrected chi connectivity index (χ4v) is 3.65. The Kier molecular flexibility index (Phi) is 6.31. The van der Waals surface area contributed by atoms with E-state index in [-0.39, 0.29) is 11.5 Å². The van der Waals surface area contributed by atoms with Crippen LogP contribution in [0.5, 0.6) is 11.5 Å². The summed E-state index contributed by atoms with van der Waals surface area (Å²) in [4.78, 5) is 28.4. The average molecular weight is 457 g/mol.